The molecule has 1 aliphatic rings. The van der Waals surface area contributed by atoms with Crippen LogP contribution in [0.5, 0.6) is 11.5 Å². The fourth-order valence-electron chi connectivity index (χ4n) is 3.52. The third-order valence-corrected chi connectivity index (χ3v) is 5.26. The number of nitrogens with one attached hydrogen (secondary N) is 1. The Morgan fingerprint density at radius 1 is 0.903 bits per heavy atom. The highest BCUT2D eigenvalue weighted by molar-refractivity contribution is 5.84. The van der Waals surface area contributed by atoms with E-state index in [1.54, 1.807) is 0 Å². The van der Waals surface area contributed by atoms with Crippen molar-refractivity contribution in [1.29, 1.82) is 0 Å². The molecule has 1 fully saturated rings. The lowest BCUT2D eigenvalue weighted by Gasteiger charge is -2.26. The highest BCUT2D eigenvalue weighted by atomic mass is 16.5. The molecule has 0 atom stereocenters. The molecular weight excluding hydrogens is 392 g/mol. The second kappa shape index (κ2) is 10.8. The molecule has 3 aromatic rings. The number of morpholine rings is 1. The Bertz CT molecular complexity index is 1000. The predicted octanol–water partition coefficient (Wildman–Crippen LogP) is 3.25. The van der Waals surface area contributed by atoms with E-state index in [2.05, 4.69) is 10.2 Å². The number of rotatable bonds is 9. The van der Waals surface area contributed by atoms with Crippen LogP contribution in [0.15, 0.2) is 66.7 Å². The van der Waals surface area contributed by atoms with E-state index in [0.29, 0.717) is 18.9 Å². The largest absolute Gasteiger partial charge is 0.492 e. The van der Waals surface area contributed by atoms with Crippen molar-refractivity contribution in [3.05, 3.63) is 72.3 Å². The number of hydrogen-bond acceptors (Lipinski definition) is 5. The molecule has 0 saturated carbocycles. The number of carbonyl (C=O) groups is 1. The van der Waals surface area contributed by atoms with E-state index in [1.807, 2.05) is 66.7 Å². The molecular formula is C25H28N2O4. The number of fused-ring (bicyclic) bond motifs is 1. The van der Waals surface area contributed by atoms with Crippen molar-refractivity contribution >= 4 is 16.7 Å². The van der Waals surface area contributed by atoms with E-state index in [4.69, 9.17) is 14.2 Å². The summed E-state index contributed by atoms with van der Waals surface area (Å²) in [5.74, 6) is 1.34. The van der Waals surface area contributed by atoms with E-state index < -0.39 is 0 Å². The zero-order valence-electron chi connectivity index (χ0n) is 17.6. The summed E-state index contributed by atoms with van der Waals surface area (Å²) in [5, 5.41) is 5.13. The van der Waals surface area contributed by atoms with Gasteiger partial charge in [0.05, 0.1) is 13.2 Å². The van der Waals surface area contributed by atoms with Crippen molar-refractivity contribution in [2.45, 2.75) is 6.54 Å². The zero-order valence-corrected chi connectivity index (χ0v) is 17.6. The first-order chi connectivity index (χ1) is 15.3. The molecule has 1 heterocycles. The lowest BCUT2D eigenvalue weighted by molar-refractivity contribution is -0.123. The molecule has 1 amide bonds. The van der Waals surface area contributed by atoms with Crippen molar-refractivity contribution < 1.29 is 19.0 Å². The van der Waals surface area contributed by atoms with E-state index in [9.17, 15) is 4.79 Å². The highest BCUT2D eigenvalue weighted by Gasteiger charge is 2.10. The molecule has 0 aromatic heterocycles. The van der Waals surface area contributed by atoms with E-state index in [1.165, 1.54) is 0 Å². The van der Waals surface area contributed by atoms with Gasteiger partial charge in [0.25, 0.3) is 5.91 Å². The van der Waals surface area contributed by atoms with Gasteiger partial charge in [-0.25, -0.2) is 0 Å². The SMILES string of the molecule is O=C(COc1ccc2ccccc2c1)NCc1cccc(OCCN2CCOCC2)c1. The fourth-order valence-corrected chi connectivity index (χ4v) is 3.52. The minimum atomic E-state index is -0.160. The summed E-state index contributed by atoms with van der Waals surface area (Å²) in [5.41, 5.74) is 0.989. The maximum atomic E-state index is 12.2. The molecule has 0 aliphatic carbocycles. The Kier molecular flexibility index (Phi) is 7.37. The molecule has 1 saturated heterocycles. The molecule has 162 valence electrons. The lowest BCUT2D eigenvalue weighted by atomic mass is 10.1. The standard InChI is InChI=1S/C25H28N2O4/c28-25(19-31-24-9-8-21-5-1-2-6-22(21)17-24)26-18-20-4-3-7-23(16-20)30-15-12-27-10-13-29-14-11-27/h1-9,16-17H,10-15,18-19H2,(H,26,28). The van der Waals surface area contributed by atoms with Gasteiger partial charge < -0.3 is 19.5 Å². The van der Waals surface area contributed by atoms with Crippen LogP contribution in [0.2, 0.25) is 0 Å². The average molecular weight is 421 g/mol. The van der Waals surface area contributed by atoms with Gasteiger partial charge in [0, 0.05) is 26.2 Å². The summed E-state index contributed by atoms with van der Waals surface area (Å²) in [4.78, 5) is 14.5. The Hall–Kier alpha value is -3.09. The molecule has 3 aromatic carbocycles. The van der Waals surface area contributed by atoms with Crippen molar-refractivity contribution in [3.63, 3.8) is 0 Å². The van der Waals surface area contributed by atoms with E-state index >= 15 is 0 Å². The van der Waals surface area contributed by atoms with Crippen LogP contribution in [0.4, 0.5) is 0 Å². The van der Waals surface area contributed by atoms with Crippen molar-refractivity contribution in [2.24, 2.45) is 0 Å². The Labute approximate surface area is 182 Å². The summed E-state index contributed by atoms with van der Waals surface area (Å²) in [6.45, 7) is 5.42. The van der Waals surface area contributed by atoms with Crippen LogP contribution < -0.4 is 14.8 Å². The Morgan fingerprint density at radius 3 is 2.58 bits per heavy atom. The van der Waals surface area contributed by atoms with Gasteiger partial charge >= 0.3 is 0 Å². The predicted molar refractivity (Wildman–Crippen MR) is 120 cm³/mol. The minimum absolute atomic E-state index is 0.0198. The normalized spacial score (nSPS) is 14.3. The van der Waals surface area contributed by atoms with Crippen LogP contribution in [-0.4, -0.2) is 56.9 Å². The van der Waals surface area contributed by atoms with Gasteiger partial charge in [-0.3, -0.25) is 9.69 Å². The van der Waals surface area contributed by atoms with Crippen LogP contribution in [0.3, 0.4) is 0 Å². The second-order valence-electron chi connectivity index (χ2n) is 7.52. The van der Waals surface area contributed by atoms with Gasteiger partial charge in [-0.2, -0.15) is 0 Å². The summed E-state index contributed by atoms with van der Waals surface area (Å²) < 4.78 is 16.9. The second-order valence-corrected chi connectivity index (χ2v) is 7.52. The summed E-state index contributed by atoms with van der Waals surface area (Å²) >= 11 is 0. The molecule has 4 rings (SSSR count). The summed E-state index contributed by atoms with van der Waals surface area (Å²) in [7, 11) is 0. The zero-order chi connectivity index (χ0) is 21.3. The smallest absolute Gasteiger partial charge is 0.258 e. The monoisotopic (exact) mass is 420 g/mol. The number of carbonyl (C=O) groups excluding carboxylic acids is 1. The van der Waals surface area contributed by atoms with Gasteiger partial charge in [-0.05, 0) is 40.6 Å². The van der Waals surface area contributed by atoms with Crippen molar-refractivity contribution in [3.8, 4) is 11.5 Å². The van der Waals surface area contributed by atoms with Crippen molar-refractivity contribution in [1.82, 2.24) is 10.2 Å². The Balaban J connectivity index is 1.20. The molecule has 6 heteroatoms. The quantitative estimate of drug-likeness (QED) is 0.576. The highest BCUT2D eigenvalue weighted by Crippen LogP contribution is 2.20. The minimum Gasteiger partial charge on any atom is -0.492 e. The van der Waals surface area contributed by atoms with Gasteiger partial charge in [-0.15, -0.1) is 0 Å². The van der Waals surface area contributed by atoms with Crippen LogP contribution in [-0.2, 0) is 16.1 Å². The van der Waals surface area contributed by atoms with Crippen LogP contribution in [0.25, 0.3) is 10.8 Å². The number of amides is 1. The number of benzene rings is 3. The molecule has 0 spiro atoms. The number of ether oxygens (including phenoxy) is 3. The maximum Gasteiger partial charge on any atom is 0.258 e. The van der Waals surface area contributed by atoms with Gasteiger partial charge in [0.2, 0.25) is 0 Å². The molecule has 1 aliphatic heterocycles. The summed E-state index contributed by atoms with van der Waals surface area (Å²) in [6.07, 6.45) is 0. The topological polar surface area (TPSA) is 60.0 Å². The first kappa shape index (κ1) is 21.2. The number of nitrogens with zero attached hydrogens (tertiary/aromatic N) is 1. The maximum absolute atomic E-state index is 12.2. The fraction of sp³-hybridized carbons (Fsp3) is 0.320. The molecule has 6 nitrogen and oxygen atoms in total. The first-order valence-corrected chi connectivity index (χ1v) is 10.7. The van der Waals surface area contributed by atoms with Crippen LogP contribution in [0.1, 0.15) is 5.56 Å². The lowest BCUT2D eigenvalue weighted by Crippen LogP contribution is -2.38. The third-order valence-electron chi connectivity index (χ3n) is 5.26. The van der Waals surface area contributed by atoms with Crippen LogP contribution in [0, 0.1) is 0 Å². The summed E-state index contributed by atoms with van der Waals surface area (Å²) in [6, 6.07) is 21.7. The number of hydrogen-bond donors (Lipinski definition) is 1. The van der Waals surface area contributed by atoms with Gasteiger partial charge in [-0.1, -0.05) is 42.5 Å². The molecule has 0 bridgehead atoms. The molecule has 0 unspecified atom stereocenters. The molecule has 0 radical (unpaired) electrons. The molecule has 1 N–H and O–H groups in total. The Morgan fingerprint density at radius 2 is 1.71 bits per heavy atom. The van der Waals surface area contributed by atoms with E-state index in [0.717, 1.165) is 54.9 Å². The van der Waals surface area contributed by atoms with Crippen molar-refractivity contribution in [2.75, 3.05) is 46.1 Å². The molecule has 31 heavy (non-hydrogen) atoms. The first-order valence-electron chi connectivity index (χ1n) is 10.7. The van der Waals surface area contributed by atoms with Gasteiger partial charge in [0.1, 0.15) is 18.1 Å². The van der Waals surface area contributed by atoms with E-state index in [-0.39, 0.29) is 12.5 Å². The van der Waals surface area contributed by atoms with Crippen LogP contribution >= 0.6 is 0 Å². The van der Waals surface area contributed by atoms with Gasteiger partial charge in [0.15, 0.2) is 6.61 Å². The third kappa shape index (κ3) is 6.44. The average Bonchev–Trinajstić information content (AvgIpc) is 2.82.